The van der Waals surface area contributed by atoms with Gasteiger partial charge in [0.1, 0.15) is 0 Å². The molecule has 0 aromatic heterocycles. The Balaban J connectivity index is 1.97. The Bertz CT molecular complexity index is 367. The summed E-state index contributed by atoms with van der Waals surface area (Å²) in [7, 11) is -6.52. The highest BCUT2D eigenvalue weighted by Gasteiger charge is 2.37. The van der Waals surface area contributed by atoms with Crippen LogP contribution in [0.5, 0.6) is 0 Å². The zero-order valence-electron chi connectivity index (χ0n) is 8.12. The van der Waals surface area contributed by atoms with Crippen molar-refractivity contribution in [1.29, 1.82) is 0 Å². The van der Waals surface area contributed by atoms with Gasteiger partial charge in [0, 0.05) is 0 Å². The largest absolute Gasteiger partial charge is 0.475 e. The fourth-order valence-electron chi connectivity index (χ4n) is 1.64. The number of phosphoric acid groups is 1. The van der Waals surface area contributed by atoms with Gasteiger partial charge in [-0.2, -0.15) is 0 Å². The maximum Gasteiger partial charge on any atom is 0.475 e. The summed E-state index contributed by atoms with van der Waals surface area (Å²) in [4.78, 5) is 0. The van der Waals surface area contributed by atoms with Gasteiger partial charge in [-0.15, -0.1) is 0 Å². The molecule has 8 heteroatoms. The molecule has 0 bridgehead atoms. The van der Waals surface area contributed by atoms with Crippen molar-refractivity contribution in [2.45, 2.75) is 18.9 Å². The van der Waals surface area contributed by atoms with Crippen LogP contribution >= 0.6 is 7.82 Å². The van der Waals surface area contributed by atoms with E-state index in [1.165, 1.54) is 0 Å². The molecule has 2 fully saturated rings. The molecule has 0 radical (unpaired) electrons. The van der Waals surface area contributed by atoms with E-state index in [-0.39, 0.29) is 24.7 Å². The van der Waals surface area contributed by atoms with Crippen LogP contribution in [-0.2, 0) is 28.0 Å². The molecule has 0 aliphatic carbocycles. The Hall–Kier alpha value is 0.0600. The third-order valence-electron chi connectivity index (χ3n) is 2.28. The molecule has 1 atom stereocenters. The van der Waals surface area contributed by atoms with Crippen LogP contribution in [0.3, 0.4) is 0 Å². The van der Waals surface area contributed by atoms with Crippen molar-refractivity contribution in [3.05, 3.63) is 0 Å². The fourth-order valence-corrected chi connectivity index (χ4v) is 4.66. The summed E-state index contributed by atoms with van der Waals surface area (Å²) < 4.78 is 49.0. The molecule has 15 heavy (non-hydrogen) atoms. The van der Waals surface area contributed by atoms with Gasteiger partial charge in [-0.1, -0.05) is 0 Å². The van der Waals surface area contributed by atoms with E-state index >= 15 is 0 Å². The van der Waals surface area contributed by atoms with Gasteiger partial charge in [0.25, 0.3) is 0 Å². The van der Waals surface area contributed by atoms with Gasteiger partial charge in [-0.25, -0.2) is 13.0 Å². The number of hydrogen-bond acceptors (Lipinski definition) is 6. The van der Waals surface area contributed by atoms with Gasteiger partial charge in [-0.05, 0) is 12.8 Å². The van der Waals surface area contributed by atoms with Crippen molar-refractivity contribution in [3.8, 4) is 0 Å². The first kappa shape index (κ1) is 11.5. The monoisotopic (exact) mass is 256 g/mol. The van der Waals surface area contributed by atoms with Gasteiger partial charge >= 0.3 is 7.82 Å². The lowest BCUT2D eigenvalue weighted by Crippen LogP contribution is -2.30. The predicted octanol–water partition coefficient (Wildman–Crippen LogP) is 0.735. The van der Waals surface area contributed by atoms with Crippen molar-refractivity contribution < 1.29 is 26.6 Å². The van der Waals surface area contributed by atoms with E-state index in [1.54, 1.807) is 0 Å². The minimum atomic E-state index is -3.46. The average Bonchev–Trinajstić information content (AvgIpc) is 2.49. The molecule has 6 nitrogen and oxygen atoms in total. The van der Waals surface area contributed by atoms with Gasteiger partial charge in [0.05, 0.1) is 30.8 Å². The van der Waals surface area contributed by atoms with Crippen LogP contribution in [0.4, 0.5) is 0 Å². The van der Waals surface area contributed by atoms with E-state index in [0.717, 1.165) is 0 Å². The first-order valence-electron chi connectivity index (χ1n) is 4.77. The normalized spacial score (nSPS) is 34.0. The summed E-state index contributed by atoms with van der Waals surface area (Å²) in [6, 6.07) is 0. The molecule has 2 heterocycles. The zero-order valence-corrected chi connectivity index (χ0v) is 9.84. The van der Waals surface area contributed by atoms with E-state index in [0.29, 0.717) is 12.8 Å². The molecule has 2 rings (SSSR count). The lowest BCUT2D eigenvalue weighted by Gasteiger charge is -2.23. The standard InChI is InChI=1S/C7H13O6PS/c8-14(11-3-4-12-14)13-7-2-1-5-15(9,10)6-7/h7H,1-6H2. The van der Waals surface area contributed by atoms with E-state index < -0.39 is 23.8 Å². The van der Waals surface area contributed by atoms with Crippen LogP contribution in [0.2, 0.25) is 0 Å². The van der Waals surface area contributed by atoms with E-state index in [2.05, 4.69) is 0 Å². The second kappa shape index (κ2) is 4.14. The van der Waals surface area contributed by atoms with Gasteiger partial charge in [0.2, 0.25) is 0 Å². The van der Waals surface area contributed by atoms with Crippen LogP contribution in [0.15, 0.2) is 0 Å². The highest BCUT2D eigenvalue weighted by molar-refractivity contribution is 7.91. The maximum absolute atomic E-state index is 11.6. The third kappa shape index (κ3) is 3.01. The van der Waals surface area contributed by atoms with Crippen molar-refractivity contribution in [2.75, 3.05) is 24.7 Å². The predicted molar refractivity (Wildman–Crippen MR) is 52.3 cm³/mol. The molecule has 88 valence electrons. The number of hydrogen-bond donors (Lipinski definition) is 0. The number of phosphoric ester groups is 1. The SMILES string of the molecule is O=P1(OC2CCCS(=O)(=O)C2)OCCO1. The number of rotatable bonds is 2. The molecule has 0 aromatic carbocycles. The smallest absolute Gasteiger partial charge is 0.284 e. The van der Waals surface area contributed by atoms with Crippen LogP contribution in [0, 0.1) is 0 Å². The highest BCUT2D eigenvalue weighted by atomic mass is 32.2. The molecule has 2 aliphatic heterocycles. The molecule has 0 spiro atoms. The summed E-state index contributed by atoms with van der Waals surface area (Å²) in [5.41, 5.74) is 0. The topological polar surface area (TPSA) is 78.9 Å². The third-order valence-corrected chi connectivity index (χ3v) is 5.63. The van der Waals surface area contributed by atoms with Crippen LogP contribution < -0.4 is 0 Å². The number of sulfone groups is 1. The van der Waals surface area contributed by atoms with Gasteiger partial charge < -0.3 is 0 Å². The summed E-state index contributed by atoms with van der Waals surface area (Å²) in [5.74, 6) is 0.0859. The summed E-state index contributed by atoms with van der Waals surface area (Å²) >= 11 is 0. The van der Waals surface area contributed by atoms with E-state index in [9.17, 15) is 13.0 Å². The first-order valence-corrected chi connectivity index (χ1v) is 8.05. The van der Waals surface area contributed by atoms with E-state index in [1.807, 2.05) is 0 Å². The molecule has 0 N–H and O–H groups in total. The Morgan fingerprint density at radius 3 is 2.53 bits per heavy atom. The molecule has 0 aromatic rings. The lowest BCUT2D eigenvalue weighted by molar-refractivity contribution is 0.134. The Labute approximate surface area is 88.4 Å². The van der Waals surface area contributed by atoms with Crippen molar-refractivity contribution in [3.63, 3.8) is 0 Å². The molecular weight excluding hydrogens is 243 g/mol. The first-order chi connectivity index (χ1) is 6.99. The average molecular weight is 256 g/mol. The molecular formula is C7H13O6PS. The quantitative estimate of drug-likeness (QED) is 0.678. The van der Waals surface area contributed by atoms with Crippen molar-refractivity contribution in [1.82, 2.24) is 0 Å². The van der Waals surface area contributed by atoms with Crippen molar-refractivity contribution in [2.24, 2.45) is 0 Å². The molecule has 2 saturated heterocycles. The van der Waals surface area contributed by atoms with Gasteiger partial charge in [0.15, 0.2) is 9.84 Å². The Kier molecular flexibility index (Phi) is 3.19. The second-order valence-electron chi connectivity index (χ2n) is 3.60. The minimum absolute atomic E-state index is 0.0935. The molecule has 0 amide bonds. The van der Waals surface area contributed by atoms with Gasteiger partial charge in [-0.3, -0.25) is 13.6 Å². The Morgan fingerprint density at radius 2 is 1.93 bits per heavy atom. The molecule has 2 aliphatic rings. The summed E-state index contributed by atoms with van der Waals surface area (Å²) in [6.45, 7) is 0.466. The molecule has 0 saturated carbocycles. The van der Waals surface area contributed by atoms with Crippen LogP contribution in [0.25, 0.3) is 0 Å². The zero-order chi connectivity index (χ0) is 10.9. The molecule has 1 unspecified atom stereocenters. The van der Waals surface area contributed by atoms with Crippen molar-refractivity contribution >= 4 is 17.7 Å². The summed E-state index contributed by atoms with van der Waals surface area (Å²) in [6.07, 6.45) is 0.552. The fraction of sp³-hybridized carbons (Fsp3) is 1.00. The second-order valence-corrected chi connectivity index (χ2v) is 7.45. The summed E-state index contributed by atoms with van der Waals surface area (Å²) in [5, 5.41) is 0. The minimum Gasteiger partial charge on any atom is -0.284 e. The van der Waals surface area contributed by atoms with E-state index in [4.69, 9.17) is 13.6 Å². The maximum atomic E-state index is 11.6. The highest BCUT2D eigenvalue weighted by Crippen LogP contribution is 2.54. The van der Waals surface area contributed by atoms with Crippen LogP contribution in [-0.4, -0.2) is 39.2 Å². The van der Waals surface area contributed by atoms with Crippen LogP contribution in [0.1, 0.15) is 12.8 Å². The lowest BCUT2D eigenvalue weighted by atomic mass is 10.2. The Morgan fingerprint density at radius 1 is 1.27 bits per heavy atom.